The van der Waals surface area contributed by atoms with Gasteiger partial charge < -0.3 is 4.98 Å². The van der Waals surface area contributed by atoms with E-state index in [1.807, 2.05) is 6.07 Å². The van der Waals surface area contributed by atoms with E-state index in [9.17, 15) is 4.79 Å². The van der Waals surface area contributed by atoms with Crippen LogP contribution in [0.2, 0.25) is 0 Å². The van der Waals surface area contributed by atoms with Gasteiger partial charge in [0.05, 0.1) is 0 Å². The number of fused-ring (bicyclic) bond motifs is 2. The Morgan fingerprint density at radius 1 is 1.39 bits per heavy atom. The number of aromatic nitrogens is 1. The molecule has 98 valence electrons. The van der Waals surface area contributed by atoms with Gasteiger partial charge in [0.15, 0.2) is 0 Å². The number of nitrogens with one attached hydrogen (secondary N) is 1. The highest BCUT2D eigenvalue weighted by Gasteiger charge is 2.35. The van der Waals surface area contributed by atoms with E-state index in [0.29, 0.717) is 6.04 Å². The van der Waals surface area contributed by atoms with Crippen molar-refractivity contribution in [3.8, 4) is 0 Å². The third-order valence-corrected chi connectivity index (χ3v) is 4.54. The fourth-order valence-electron chi connectivity index (χ4n) is 3.72. The van der Waals surface area contributed by atoms with Crippen LogP contribution in [0.15, 0.2) is 16.9 Å². The molecule has 2 heterocycles. The highest BCUT2D eigenvalue weighted by atomic mass is 16.1. The van der Waals surface area contributed by atoms with Gasteiger partial charge in [0, 0.05) is 17.8 Å². The first-order valence-corrected chi connectivity index (χ1v) is 7.23. The molecule has 1 saturated heterocycles. The van der Waals surface area contributed by atoms with Crippen molar-refractivity contribution in [1.82, 2.24) is 9.88 Å². The van der Waals surface area contributed by atoms with Crippen molar-refractivity contribution in [2.24, 2.45) is 5.92 Å². The van der Waals surface area contributed by atoms with Crippen LogP contribution in [0.3, 0.4) is 0 Å². The lowest BCUT2D eigenvalue weighted by Crippen LogP contribution is -2.49. The lowest BCUT2D eigenvalue weighted by molar-refractivity contribution is 0.0845. The summed E-state index contributed by atoms with van der Waals surface area (Å²) in [6.07, 6.45) is 6.06. The quantitative estimate of drug-likeness (QED) is 0.866. The molecule has 0 saturated carbocycles. The number of hydrogen-bond acceptors (Lipinski definition) is 2. The molecule has 0 unspecified atom stereocenters. The number of rotatable bonds is 2. The second-order valence-corrected chi connectivity index (χ2v) is 5.74. The monoisotopic (exact) mass is 246 g/mol. The lowest BCUT2D eigenvalue weighted by Gasteiger charge is -2.44. The Balaban J connectivity index is 1.87. The number of likely N-dealkylation sites (tertiary alicyclic amines) is 1. The average molecular weight is 246 g/mol. The van der Waals surface area contributed by atoms with E-state index >= 15 is 0 Å². The van der Waals surface area contributed by atoms with E-state index in [1.54, 1.807) is 6.07 Å². The minimum Gasteiger partial charge on any atom is -0.326 e. The summed E-state index contributed by atoms with van der Waals surface area (Å²) in [5.74, 6) is 0.746. The van der Waals surface area contributed by atoms with Gasteiger partial charge in [0.2, 0.25) is 5.56 Å². The van der Waals surface area contributed by atoms with E-state index in [1.165, 1.54) is 43.6 Å². The van der Waals surface area contributed by atoms with E-state index in [2.05, 4.69) is 16.8 Å². The summed E-state index contributed by atoms with van der Waals surface area (Å²) in [7, 11) is 0. The zero-order valence-electron chi connectivity index (χ0n) is 11.1. The smallest absolute Gasteiger partial charge is 0.248 e. The molecule has 2 aliphatic rings. The first kappa shape index (κ1) is 12.0. The largest absolute Gasteiger partial charge is 0.326 e. The van der Waals surface area contributed by atoms with Gasteiger partial charge >= 0.3 is 0 Å². The van der Waals surface area contributed by atoms with E-state index in [0.717, 1.165) is 18.8 Å². The number of H-pyrrole nitrogens is 1. The van der Waals surface area contributed by atoms with Crippen molar-refractivity contribution < 1.29 is 0 Å². The van der Waals surface area contributed by atoms with Gasteiger partial charge in [-0.15, -0.1) is 0 Å². The predicted octanol–water partition coefficient (Wildman–Crippen LogP) is 1.96. The zero-order chi connectivity index (χ0) is 12.5. The molecule has 3 heteroatoms. The maximum atomic E-state index is 11.4. The fraction of sp³-hybridized carbons (Fsp3) is 0.667. The molecule has 0 aromatic carbocycles. The van der Waals surface area contributed by atoms with E-state index in [-0.39, 0.29) is 5.56 Å². The van der Waals surface area contributed by atoms with Gasteiger partial charge in [-0.05, 0) is 56.7 Å². The number of hydrogen-bond donors (Lipinski definition) is 1. The molecule has 3 rings (SSSR count). The van der Waals surface area contributed by atoms with Crippen LogP contribution in [0.1, 0.15) is 37.4 Å². The average Bonchev–Trinajstić information content (AvgIpc) is 2.37. The third kappa shape index (κ3) is 2.12. The van der Waals surface area contributed by atoms with Crippen molar-refractivity contribution in [3.05, 3.63) is 33.7 Å². The van der Waals surface area contributed by atoms with Crippen LogP contribution in [-0.2, 0) is 12.8 Å². The number of aromatic amines is 1. The van der Waals surface area contributed by atoms with Crippen LogP contribution in [0, 0.1) is 5.92 Å². The van der Waals surface area contributed by atoms with Gasteiger partial charge in [-0.3, -0.25) is 9.69 Å². The Hall–Kier alpha value is -1.09. The molecule has 1 aromatic heterocycles. The van der Waals surface area contributed by atoms with Gasteiger partial charge in [-0.2, -0.15) is 0 Å². The van der Waals surface area contributed by atoms with Crippen molar-refractivity contribution >= 4 is 0 Å². The van der Waals surface area contributed by atoms with Crippen LogP contribution < -0.4 is 5.56 Å². The molecule has 1 N–H and O–H groups in total. The minimum absolute atomic E-state index is 0.0495. The minimum atomic E-state index is 0.0495. The molecule has 1 aliphatic carbocycles. The highest BCUT2D eigenvalue weighted by molar-refractivity contribution is 5.25. The summed E-state index contributed by atoms with van der Waals surface area (Å²) in [6.45, 7) is 4.74. The molecule has 0 amide bonds. The second kappa shape index (κ2) is 4.88. The SMILES string of the molecule is CCCN1CCC[C@H]2Cc3[nH]c(=O)ccc3C[C@@H]21. The highest BCUT2D eigenvalue weighted by Crippen LogP contribution is 2.33. The van der Waals surface area contributed by atoms with Crippen LogP contribution >= 0.6 is 0 Å². The Morgan fingerprint density at radius 3 is 3.11 bits per heavy atom. The molecular weight excluding hydrogens is 224 g/mol. The number of nitrogens with zero attached hydrogens (tertiary/aromatic N) is 1. The summed E-state index contributed by atoms with van der Waals surface area (Å²) in [4.78, 5) is 17.1. The van der Waals surface area contributed by atoms with Gasteiger partial charge in [0.25, 0.3) is 0 Å². The zero-order valence-corrected chi connectivity index (χ0v) is 11.1. The van der Waals surface area contributed by atoms with Gasteiger partial charge in [-0.25, -0.2) is 0 Å². The molecule has 0 radical (unpaired) electrons. The molecule has 0 bridgehead atoms. The maximum absolute atomic E-state index is 11.4. The summed E-state index contributed by atoms with van der Waals surface area (Å²) in [6, 6.07) is 4.41. The summed E-state index contributed by atoms with van der Waals surface area (Å²) in [5.41, 5.74) is 2.61. The Kier molecular flexibility index (Phi) is 3.25. The van der Waals surface area contributed by atoms with Crippen LogP contribution in [0.5, 0.6) is 0 Å². The number of pyridine rings is 1. The molecule has 0 spiro atoms. The normalized spacial score (nSPS) is 27.6. The first-order valence-electron chi connectivity index (χ1n) is 7.23. The van der Waals surface area contributed by atoms with E-state index in [4.69, 9.17) is 0 Å². The molecular formula is C15H22N2O. The Bertz CT molecular complexity index is 478. The van der Waals surface area contributed by atoms with Gasteiger partial charge in [0.1, 0.15) is 0 Å². The topological polar surface area (TPSA) is 36.1 Å². The standard InChI is InChI=1S/C15H22N2O/c1-2-7-17-8-3-4-12-9-13-11(10-14(12)17)5-6-15(18)16-13/h5-6,12,14H,2-4,7-10H2,1H3,(H,16,18)/t12-,14-/m0/s1. The molecule has 18 heavy (non-hydrogen) atoms. The van der Waals surface area contributed by atoms with Crippen LogP contribution in [0.25, 0.3) is 0 Å². The van der Waals surface area contributed by atoms with Crippen LogP contribution in [-0.4, -0.2) is 29.0 Å². The first-order chi connectivity index (χ1) is 8.78. The summed E-state index contributed by atoms with van der Waals surface area (Å²) in [5, 5.41) is 0. The molecule has 1 aromatic rings. The third-order valence-electron chi connectivity index (χ3n) is 4.54. The van der Waals surface area contributed by atoms with Crippen LogP contribution in [0.4, 0.5) is 0 Å². The summed E-state index contributed by atoms with van der Waals surface area (Å²) < 4.78 is 0. The summed E-state index contributed by atoms with van der Waals surface area (Å²) >= 11 is 0. The van der Waals surface area contributed by atoms with E-state index < -0.39 is 0 Å². The molecule has 1 aliphatic heterocycles. The second-order valence-electron chi connectivity index (χ2n) is 5.74. The maximum Gasteiger partial charge on any atom is 0.248 e. The van der Waals surface area contributed by atoms with Gasteiger partial charge in [-0.1, -0.05) is 13.0 Å². The Labute approximate surface area is 108 Å². The van der Waals surface area contributed by atoms with Crippen molar-refractivity contribution in [2.75, 3.05) is 13.1 Å². The van der Waals surface area contributed by atoms with Crippen molar-refractivity contribution in [1.29, 1.82) is 0 Å². The lowest BCUT2D eigenvalue weighted by atomic mass is 9.77. The number of piperidine rings is 1. The predicted molar refractivity (Wildman–Crippen MR) is 72.8 cm³/mol. The van der Waals surface area contributed by atoms with Crippen molar-refractivity contribution in [2.45, 2.75) is 45.1 Å². The van der Waals surface area contributed by atoms with Crippen molar-refractivity contribution in [3.63, 3.8) is 0 Å². The fourth-order valence-corrected chi connectivity index (χ4v) is 3.72. The molecule has 3 nitrogen and oxygen atoms in total. The Morgan fingerprint density at radius 2 is 2.28 bits per heavy atom. The molecule has 1 fully saturated rings. The molecule has 2 atom stereocenters.